The molecule has 2 rings (SSSR count). The van der Waals surface area contributed by atoms with E-state index in [2.05, 4.69) is 0 Å². The predicted octanol–water partition coefficient (Wildman–Crippen LogP) is 2.78. The fraction of sp³-hybridized carbons (Fsp3) is 0.846. The van der Waals surface area contributed by atoms with Crippen molar-refractivity contribution in [3.05, 3.63) is 0 Å². The van der Waals surface area contributed by atoms with E-state index in [-0.39, 0.29) is 23.2 Å². The highest BCUT2D eigenvalue weighted by Crippen LogP contribution is 2.31. The summed E-state index contributed by atoms with van der Waals surface area (Å²) >= 11 is 1.76. The fourth-order valence-corrected chi connectivity index (χ4v) is 3.65. The number of hydrogen-bond donors (Lipinski definition) is 0. The molecule has 4 heteroatoms. The van der Waals surface area contributed by atoms with Gasteiger partial charge >= 0.3 is 5.97 Å². The standard InChI is InChI=1S/C13H20O3S/c14-9-10-4-6-11(7-5-10)13(15)16-12-3-1-2-8-17-12/h9-12H,1-8H2. The zero-order chi connectivity index (χ0) is 12.1. The van der Waals surface area contributed by atoms with Crippen LogP contribution < -0.4 is 0 Å². The summed E-state index contributed by atoms with van der Waals surface area (Å²) in [7, 11) is 0. The van der Waals surface area contributed by atoms with Crippen LogP contribution in [0.25, 0.3) is 0 Å². The Morgan fingerprint density at radius 2 is 1.88 bits per heavy atom. The van der Waals surface area contributed by atoms with E-state index < -0.39 is 0 Å². The van der Waals surface area contributed by atoms with Gasteiger partial charge in [0.1, 0.15) is 11.7 Å². The third-order valence-electron chi connectivity index (χ3n) is 3.68. The summed E-state index contributed by atoms with van der Waals surface area (Å²) in [5.41, 5.74) is 0.0834. The van der Waals surface area contributed by atoms with Crippen molar-refractivity contribution >= 4 is 24.0 Å². The summed E-state index contributed by atoms with van der Waals surface area (Å²) in [5.74, 6) is 1.28. The number of ether oxygens (including phenoxy) is 1. The van der Waals surface area contributed by atoms with Gasteiger partial charge in [-0.25, -0.2) is 0 Å². The summed E-state index contributed by atoms with van der Waals surface area (Å²) in [6.07, 6.45) is 7.77. The van der Waals surface area contributed by atoms with Crippen LogP contribution in [0.1, 0.15) is 44.9 Å². The first-order valence-corrected chi connectivity index (χ1v) is 7.62. The van der Waals surface area contributed by atoms with Gasteiger partial charge in [-0.2, -0.15) is 0 Å². The first kappa shape index (κ1) is 12.9. The molecule has 0 amide bonds. The first-order chi connectivity index (χ1) is 8.29. The molecular formula is C13H20O3S. The number of carbonyl (C=O) groups is 2. The van der Waals surface area contributed by atoms with E-state index in [1.807, 2.05) is 0 Å². The van der Waals surface area contributed by atoms with Gasteiger partial charge in [0.25, 0.3) is 0 Å². The van der Waals surface area contributed by atoms with E-state index in [9.17, 15) is 9.59 Å². The lowest BCUT2D eigenvalue weighted by molar-refractivity contribution is -0.152. The van der Waals surface area contributed by atoms with E-state index >= 15 is 0 Å². The minimum Gasteiger partial charge on any atom is -0.451 e. The van der Waals surface area contributed by atoms with Crippen molar-refractivity contribution in [1.82, 2.24) is 0 Å². The van der Waals surface area contributed by atoms with Crippen LogP contribution in [0.15, 0.2) is 0 Å². The molecule has 17 heavy (non-hydrogen) atoms. The van der Waals surface area contributed by atoms with Crippen LogP contribution in [0.4, 0.5) is 0 Å². The van der Waals surface area contributed by atoms with Gasteiger partial charge in [-0.15, -0.1) is 11.8 Å². The third-order valence-corrected chi connectivity index (χ3v) is 4.91. The summed E-state index contributed by atoms with van der Waals surface area (Å²) in [6.45, 7) is 0. The number of esters is 1. The Balaban J connectivity index is 1.74. The summed E-state index contributed by atoms with van der Waals surface area (Å²) in [6, 6.07) is 0. The molecule has 1 aliphatic heterocycles. The Labute approximate surface area is 107 Å². The molecule has 1 saturated carbocycles. The Morgan fingerprint density at radius 1 is 1.12 bits per heavy atom. The van der Waals surface area contributed by atoms with Crippen LogP contribution in [0, 0.1) is 11.8 Å². The quantitative estimate of drug-likeness (QED) is 0.575. The minimum atomic E-state index is -0.0336. The zero-order valence-corrected chi connectivity index (χ0v) is 10.9. The van der Waals surface area contributed by atoms with Gasteiger partial charge < -0.3 is 9.53 Å². The maximum atomic E-state index is 11.9. The molecule has 1 unspecified atom stereocenters. The normalized spacial score (nSPS) is 34.0. The lowest BCUT2D eigenvalue weighted by Crippen LogP contribution is -2.27. The van der Waals surface area contributed by atoms with Crippen LogP contribution in [0.2, 0.25) is 0 Å². The number of rotatable bonds is 3. The second-order valence-electron chi connectivity index (χ2n) is 4.98. The average Bonchev–Trinajstić information content (AvgIpc) is 2.40. The molecule has 0 aromatic carbocycles. The maximum absolute atomic E-state index is 11.9. The van der Waals surface area contributed by atoms with Crippen LogP contribution in [-0.4, -0.2) is 23.4 Å². The van der Waals surface area contributed by atoms with Crippen molar-refractivity contribution in [2.75, 3.05) is 5.75 Å². The number of thioether (sulfide) groups is 1. The predicted molar refractivity (Wildman–Crippen MR) is 67.7 cm³/mol. The first-order valence-electron chi connectivity index (χ1n) is 6.57. The summed E-state index contributed by atoms with van der Waals surface area (Å²) in [5, 5.41) is 0. The molecule has 2 fully saturated rings. The highest BCUT2D eigenvalue weighted by Gasteiger charge is 2.29. The second kappa shape index (κ2) is 6.43. The lowest BCUT2D eigenvalue weighted by Gasteiger charge is -2.27. The number of aldehydes is 1. The molecule has 0 spiro atoms. The molecular weight excluding hydrogens is 236 g/mol. The Morgan fingerprint density at radius 3 is 2.47 bits per heavy atom. The molecule has 1 aliphatic carbocycles. The van der Waals surface area contributed by atoms with Gasteiger partial charge in [-0.1, -0.05) is 0 Å². The van der Waals surface area contributed by atoms with E-state index in [0.29, 0.717) is 0 Å². The Kier molecular flexibility index (Phi) is 4.89. The average molecular weight is 256 g/mol. The van der Waals surface area contributed by atoms with Crippen LogP contribution in [-0.2, 0) is 14.3 Å². The smallest absolute Gasteiger partial charge is 0.310 e. The second-order valence-corrected chi connectivity index (χ2v) is 6.25. The molecule has 2 aliphatic rings. The minimum absolute atomic E-state index is 0.0336. The van der Waals surface area contributed by atoms with E-state index in [1.54, 1.807) is 11.8 Å². The zero-order valence-electron chi connectivity index (χ0n) is 10.1. The molecule has 96 valence electrons. The molecule has 0 bridgehead atoms. The van der Waals surface area contributed by atoms with Crippen molar-refractivity contribution in [2.24, 2.45) is 11.8 Å². The van der Waals surface area contributed by atoms with Gasteiger partial charge in [0.15, 0.2) is 0 Å². The Hall–Kier alpha value is -0.510. The molecule has 0 aromatic heterocycles. The largest absolute Gasteiger partial charge is 0.451 e. The van der Waals surface area contributed by atoms with Gasteiger partial charge in [-0.05, 0) is 50.7 Å². The highest BCUT2D eigenvalue weighted by molar-refractivity contribution is 7.99. The van der Waals surface area contributed by atoms with Crippen LogP contribution >= 0.6 is 11.8 Å². The molecule has 0 N–H and O–H groups in total. The van der Waals surface area contributed by atoms with Crippen molar-refractivity contribution in [2.45, 2.75) is 50.4 Å². The lowest BCUT2D eigenvalue weighted by atomic mass is 9.83. The van der Waals surface area contributed by atoms with E-state index in [1.165, 1.54) is 12.8 Å². The molecule has 1 heterocycles. The van der Waals surface area contributed by atoms with Gasteiger partial charge in [0, 0.05) is 5.92 Å². The number of hydrogen-bond acceptors (Lipinski definition) is 4. The Bertz CT molecular complexity index is 266. The van der Waals surface area contributed by atoms with Crippen molar-refractivity contribution in [3.63, 3.8) is 0 Å². The molecule has 3 nitrogen and oxygen atoms in total. The topological polar surface area (TPSA) is 43.4 Å². The fourth-order valence-electron chi connectivity index (χ4n) is 2.52. The summed E-state index contributed by atoms with van der Waals surface area (Å²) in [4.78, 5) is 22.6. The maximum Gasteiger partial charge on any atom is 0.310 e. The van der Waals surface area contributed by atoms with E-state index in [0.717, 1.165) is 44.1 Å². The third kappa shape index (κ3) is 3.73. The molecule has 0 radical (unpaired) electrons. The van der Waals surface area contributed by atoms with Crippen molar-refractivity contribution in [3.8, 4) is 0 Å². The number of carbonyl (C=O) groups excluding carboxylic acids is 2. The highest BCUT2D eigenvalue weighted by atomic mass is 32.2. The van der Waals surface area contributed by atoms with Crippen LogP contribution in [0.5, 0.6) is 0 Å². The molecule has 1 atom stereocenters. The monoisotopic (exact) mass is 256 g/mol. The summed E-state index contributed by atoms with van der Waals surface area (Å²) < 4.78 is 5.54. The van der Waals surface area contributed by atoms with E-state index in [4.69, 9.17) is 4.74 Å². The molecule has 0 aromatic rings. The van der Waals surface area contributed by atoms with Gasteiger partial charge in [0.05, 0.1) is 5.92 Å². The molecule has 1 saturated heterocycles. The van der Waals surface area contributed by atoms with Crippen molar-refractivity contribution in [1.29, 1.82) is 0 Å². The van der Waals surface area contributed by atoms with Gasteiger partial charge in [0.2, 0.25) is 0 Å². The van der Waals surface area contributed by atoms with Crippen molar-refractivity contribution < 1.29 is 14.3 Å². The SMILES string of the molecule is O=CC1CCC(C(=O)OC2CCCCS2)CC1. The van der Waals surface area contributed by atoms with Crippen LogP contribution in [0.3, 0.4) is 0 Å². The van der Waals surface area contributed by atoms with Gasteiger partial charge in [-0.3, -0.25) is 4.79 Å².